The predicted octanol–water partition coefficient (Wildman–Crippen LogP) is 1.51. The van der Waals surface area contributed by atoms with Gasteiger partial charge in [0.25, 0.3) is 5.91 Å². The molecule has 0 spiro atoms. The van der Waals surface area contributed by atoms with Gasteiger partial charge >= 0.3 is 6.18 Å². The van der Waals surface area contributed by atoms with Crippen LogP contribution >= 0.6 is 11.3 Å². The maximum atomic E-state index is 12.6. The molecule has 0 unspecified atom stereocenters. The Kier molecular flexibility index (Phi) is 1.97. The van der Waals surface area contributed by atoms with Gasteiger partial charge in [0.2, 0.25) is 0 Å². The highest BCUT2D eigenvalue weighted by molar-refractivity contribution is 7.19. The van der Waals surface area contributed by atoms with Gasteiger partial charge in [-0.15, -0.1) is 0 Å². The number of nitrogens with zero attached hydrogens (tertiary/aromatic N) is 2. The lowest BCUT2D eigenvalue weighted by molar-refractivity contribution is -0.141. The van der Waals surface area contributed by atoms with Crippen LogP contribution in [-0.4, -0.2) is 15.3 Å². The molecule has 0 aliphatic carbocycles. The third-order valence-electron chi connectivity index (χ3n) is 1.75. The fourth-order valence-corrected chi connectivity index (χ4v) is 2.17. The number of alkyl halides is 3. The molecule has 2 heterocycles. The molecule has 0 saturated heterocycles. The standard InChI is InChI=1S/C7H4F3N3OS/c8-7(9,10)4-3(5(11)14)15-6-12-1-2-13(4)6/h1-2H,(H2,11,14). The van der Waals surface area contributed by atoms with Crippen LogP contribution in [0.25, 0.3) is 4.96 Å². The minimum Gasteiger partial charge on any atom is -0.365 e. The predicted molar refractivity (Wildman–Crippen MR) is 46.6 cm³/mol. The Hall–Kier alpha value is -1.57. The smallest absolute Gasteiger partial charge is 0.365 e. The maximum Gasteiger partial charge on any atom is 0.433 e. The second-order valence-corrected chi connectivity index (χ2v) is 3.70. The van der Waals surface area contributed by atoms with Crippen molar-refractivity contribution in [2.75, 3.05) is 0 Å². The van der Waals surface area contributed by atoms with Gasteiger partial charge in [0, 0.05) is 12.4 Å². The number of rotatable bonds is 1. The van der Waals surface area contributed by atoms with Crippen LogP contribution in [0.5, 0.6) is 0 Å². The van der Waals surface area contributed by atoms with Crippen LogP contribution in [-0.2, 0) is 6.18 Å². The monoisotopic (exact) mass is 235 g/mol. The maximum absolute atomic E-state index is 12.6. The van der Waals surface area contributed by atoms with Crippen molar-refractivity contribution in [3.8, 4) is 0 Å². The number of carbonyl (C=O) groups excluding carboxylic acids is 1. The van der Waals surface area contributed by atoms with Gasteiger partial charge in [-0.3, -0.25) is 9.20 Å². The van der Waals surface area contributed by atoms with Crippen molar-refractivity contribution in [2.45, 2.75) is 6.18 Å². The first-order valence-corrected chi connectivity index (χ1v) is 4.56. The minimum atomic E-state index is -4.62. The molecule has 2 rings (SSSR count). The Labute approximate surface area is 85.1 Å². The Balaban J connectivity index is 2.80. The number of imidazole rings is 1. The summed E-state index contributed by atoms with van der Waals surface area (Å²) in [6.07, 6.45) is -2.25. The fraction of sp³-hybridized carbons (Fsp3) is 0.143. The summed E-state index contributed by atoms with van der Waals surface area (Å²) in [6, 6.07) is 0. The number of hydrogen-bond acceptors (Lipinski definition) is 3. The highest BCUT2D eigenvalue weighted by Gasteiger charge is 2.39. The van der Waals surface area contributed by atoms with Crippen molar-refractivity contribution >= 4 is 22.2 Å². The van der Waals surface area contributed by atoms with E-state index in [2.05, 4.69) is 4.98 Å². The largest absolute Gasteiger partial charge is 0.433 e. The molecule has 0 aliphatic heterocycles. The molecular weight excluding hydrogens is 231 g/mol. The number of fused-ring (bicyclic) bond motifs is 1. The highest BCUT2D eigenvalue weighted by atomic mass is 32.1. The van der Waals surface area contributed by atoms with Gasteiger partial charge in [-0.2, -0.15) is 13.2 Å². The Morgan fingerprint density at radius 1 is 1.53 bits per heavy atom. The van der Waals surface area contributed by atoms with Gasteiger partial charge < -0.3 is 5.73 Å². The van der Waals surface area contributed by atoms with Gasteiger partial charge in [-0.05, 0) is 0 Å². The number of aromatic nitrogens is 2. The zero-order valence-electron chi connectivity index (χ0n) is 7.08. The first-order chi connectivity index (χ1) is 6.91. The molecule has 0 aliphatic rings. The van der Waals surface area contributed by atoms with Crippen LogP contribution in [0.15, 0.2) is 12.4 Å². The molecule has 0 saturated carbocycles. The van der Waals surface area contributed by atoms with E-state index in [1.54, 1.807) is 0 Å². The summed E-state index contributed by atoms with van der Waals surface area (Å²) in [7, 11) is 0. The summed E-state index contributed by atoms with van der Waals surface area (Å²) in [5, 5.41) is 0. The topological polar surface area (TPSA) is 60.4 Å². The Morgan fingerprint density at radius 2 is 2.20 bits per heavy atom. The van der Waals surface area contributed by atoms with E-state index < -0.39 is 22.7 Å². The van der Waals surface area contributed by atoms with Crippen molar-refractivity contribution in [1.82, 2.24) is 9.38 Å². The first kappa shape index (κ1) is 9.97. The van der Waals surface area contributed by atoms with Crippen molar-refractivity contribution in [3.63, 3.8) is 0 Å². The second-order valence-electron chi connectivity index (χ2n) is 2.72. The van der Waals surface area contributed by atoms with Crippen molar-refractivity contribution in [1.29, 1.82) is 0 Å². The lowest BCUT2D eigenvalue weighted by atomic mass is 10.3. The number of thiazole rings is 1. The molecular formula is C7H4F3N3OS. The summed E-state index contributed by atoms with van der Waals surface area (Å²) >= 11 is 0.623. The van der Waals surface area contributed by atoms with E-state index in [9.17, 15) is 18.0 Å². The number of nitrogens with two attached hydrogens (primary N) is 1. The molecule has 4 nitrogen and oxygen atoms in total. The van der Waals surface area contributed by atoms with Gasteiger partial charge in [-0.1, -0.05) is 11.3 Å². The van der Waals surface area contributed by atoms with Gasteiger partial charge in [0.05, 0.1) is 0 Å². The van der Waals surface area contributed by atoms with Gasteiger partial charge in [0.15, 0.2) is 10.7 Å². The van der Waals surface area contributed by atoms with E-state index >= 15 is 0 Å². The van der Waals surface area contributed by atoms with Crippen LogP contribution in [0.1, 0.15) is 15.4 Å². The number of hydrogen-bond donors (Lipinski definition) is 1. The van der Waals surface area contributed by atoms with Crippen LogP contribution < -0.4 is 5.73 Å². The second kappa shape index (κ2) is 2.96. The molecule has 0 atom stereocenters. The Morgan fingerprint density at radius 3 is 2.73 bits per heavy atom. The average molecular weight is 235 g/mol. The quantitative estimate of drug-likeness (QED) is 0.814. The van der Waals surface area contributed by atoms with E-state index in [1.807, 2.05) is 0 Å². The van der Waals surface area contributed by atoms with Crippen molar-refractivity contribution in [2.24, 2.45) is 5.73 Å². The minimum absolute atomic E-state index is 0.0936. The number of halogens is 3. The van der Waals surface area contributed by atoms with Crippen LogP contribution in [0, 0.1) is 0 Å². The molecule has 15 heavy (non-hydrogen) atoms. The molecule has 8 heteroatoms. The summed E-state index contributed by atoms with van der Waals surface area (Å²) in [5.41, 5.74) is 3.80. The zero-order valence-corrected chi connectivity index (χ0v) is 7.89. The van der Waals surface area contributed by atoms with E-state index in [0.717, 1.165) is 10.6 Å². The first-order valence-electron chi connectivity index (χ1n) is 3.74. The molecule has 0 radical (unpaired) electrons. The van der Waals surface area contributed by atoms with E-state index in [1.165, 1.54) is 6.20 Å². The SMILES string of the molecule is NC(=O)c1sc2nccn2c1C(F)(F)F. The number of primary amides is 1. The van der Waals surface area contributed by atoms with Crippen LogP contribution in [0.4, 0.5) is 13.2 Å². The van der Waals surface area contributed by atoms with Crippen molar-refractivity contribution in [3.05, 3.63) is 23.0 Å². The summed E-state index contributed by atoms with van der Waals surface area (Å²) < 4.78 is 38.6. The lowest BCUT2D eigenvalue weighted by Crippen LogP contribution is -2.18. The van der Waals surface area contributed by atoms with E-state index in [0.29, 0.717) is 11.3 Å². The van der Waals surface area contributed by atoms with Gasteiger partial charge in [-0.25, -0.2) is 4.98 Å². The van der Waals surface area contributed by atoms with E-state index in [-0.39, 0.29) is 4.96 Å². The fourth-order valence-electron chi connectivity index (χ4n) is 1.22. The molecule has 80 valence electrons. The third kappa shape index (κ3) is 1.46. The normalized spacial score (nSPS) is 12.2. The third-order valence-corrected chi connectivity index (χ3v) is 2.83. The van der Waals surface area contributed by atoms with Gasteiger partial charge in [0.1, 0.15) is 4.88 Å². The van der Waals surface area contributed by atoms with E-state index in [4.69, 9.17) is 5.73 Å². The average Bonchev–Trinajstić information content (AvgIpc) is 2.56. The zero-order chi connectivity index (χ0) is 11.2. The summed E-state index contributed by atoms with van der Waals surface area (Å²) in [4.78, 5) is 14.1. The summed E-state index contributed by atoms with van der Waals surface area (Å²) in [5.74, 6) is -1.10. The molecule has 0 fully saturated rings. The lowest BCUT2D eigenvalue weighted by Gasteiger charge is -2.05. The molecule has 2 aromatic heterocycles. The van der Waals surface area contributed by atoms with Crippen LogP contribution in [0.2, 0.25) is 0 Å². The Bertz CT molecular complexity index is 527. The molecule has 0 bridgehead atoms. The number of carbonyl (C=O) groups is 1. The molecule has 1 amide bonds. The molecule has 2 aromatic rings. The van der Waals surface area contributed by atoms with Crippen molar-refractivity contribution < 1.29 is 18.0 Å². The summed E-state index contributed by atoms with van der Waals surface area (Å²) in [6.45, 7) is 0. The number of amides is 1. The van der Waals surface area contributed by atoms with Crippen LogP contribution in [0.3, 0.4) is 0 Å². The highest BCUT2D eigenvalue weighted by Crippen LogP contribution is 2.36. The molecule has 0 aromatic carbocycles. The molecule has 2 N–H and O–H groups in total.